The smallest absolute Gasteiger partial charge is 0.249 e. The van der Waals surface area contributed by atoms with Crippen LogP contribution in [0, 0.1) is 11.8 Å². The summed E-state index contributed by atoms with van der Waals surface area (Å²) in [5.74, 6) is -0.0678. The van der Waals surface area contributed by atoms with Gasteiger partial charge in [0.15, 0.2) is 0 Å². The number of halogens is 1. The zero-order chi connectivity index (χ0) is 13.5. The number of carbonyl (C=O) groups excluding carboxylic acids is 2. The Labute approximate surface area is 107 Å². The Morgan fingerprint density at radius 1 is 1.44 bits per heavy atom. The summed E-state index contributed by atoms with van der Waals surface area (Å²) in [7, 11) is 0. The predicted molar refractivity (Wildman–Crippen MR) is 65.6 cm³/mol. The molecule has 0 aromatic heterocycles. The van der Waals surface area contributed by atoms with E-state index in [1.54, 1.807) is 6.92 Å². The fourth-order valence-electron chi connectivity index (χ4n) is 2.88. The second-order valence-electron chi connectivity index (χ2n) is 5.84. The van der Waals surface area contributed by atoms with Gasteiger partial charge in [-0.15, -0.1) is 0 Å². The maximum absolute atomic E-state index is 12.7. The molecular weight excluding hydrogens is 235 g/mol. The summed E-state index contributed by atoms with van der Waals surface area (Å²) in [4.78, 5) is 26.1. The van der Waals surface area contributed by atoms with Crippen LogP contribution in [0.1, 0.15) is 33.6 Å². The number of nitrogens with zero attached hydrogens (tertiary/aromatic N) is 1. The molecule has 2 unspecified atom stereocenters. The van der Waals surface area contributed by atoms with Gasteiger partial charge in [0, 0.05) is 6.54 Å². The van der Waals surface area contributed by atoms with Gasteiger partial charge in [0.2, 0.25) is 11.8 Å². The van der Waals surface area contributed by atoms with Crippen LogP contribution in [0.5, 0.6) is 0 Å². The summed E-state index contributed by atoms with van der Waals surface area (Å²) in [6.07, 6.45) is 1.91. The Balaban J connectivity index is 2.29. The first-order valence-corrected chi connectivity index (χ1v) is 6.61. The Hall–Kier alpha value is -1.13. The van der Waals surface area contributed by atoms with E-state index in [2.05, 4.69) is 5.32 Å². The summed E-state index contributed by atoms with van der Waals surface area (Å²) in [6.45, 7) is 4.93. The number of carbonyl (C=O) groups is 2. The van der Waals surface area contributed by atoms with E-state index in [-0.39, 0.29) is 30.2 Å². The second-order valence-corrected chi connectivity index (χ2v) is 5.84. The SMILES string of the molecule is CC(C)C1C(=O)NC(C)(C2CC2)C(=O)N1CCF. The molecule has 0 aromatic rings. The molecule has 1 aliphatic carbocycles. The molecule has 0 spiro atoms. The van der Waals surface area contributed by atoms with Crippen LogP contribution in [0.2, 0.25) is 0 Å². The highest BCUT2D eigenvalue weighted by Gasteiger charge is 2.55. The number of hydrogen-bond donors (Lipinski definition) is 1. The number of amides is 2. The first-order valence-electron chi connectivity index (χ1n) is 6.61. The summed E-state index contributed by atoms with van der Waals surface area (Å²) in [5.41, 5.74) is -0.822. The molecular formula is C13H21FN2O2. The summed E-state index contributed by atoms with van der Waals surface area (Å²) in [6, 6.07) is -0.542. The van der Waals surface area contributed by atoms with Crippen molar-refractivity contribution in [2.75, 3.05) is 13.2 Å². The Morgan fingerprint density at radius 3 is 2.50 bits per heavy atom. The van der Waals surface area contributed by atoms with Gasteiger partial charge in [-0.3, -0.25) is 9.59 Å². The lowest BCUT2D eigenvalue weighted by atomic mass is 9.86. The summed E-state index contributed by atoms with van der Waals surface area (Å²) < 4.78 is 12.7. The van der Waals surface area contributed by atoms with Gasteiger partial charge < -0.3 is 10.2 Å². The molecule has 2 atom stereocenters. The van der Waals surface area contributed by atoms with Crippen molar-refractivity contribution in [3.05, 3.63) is 0 Å². The zero-order valence-electron chi connectivity index (χ0n) is 11.2. The van der Waals surface area contributed by atoms with E-state index < -0.39 is 18.3 Å². The Bertz CT molecular complexity index is 368. The lowest BCUT2D eigenvalue weighted by Crippen LogP contribution is -2.71. The zero-order valence-corrected chi connectivity index (χ0v) is 11.2. The third kappa shape index (κ3) is 1.99. The maximum Gasteiger partial charge on any atom is 0.249 e. The average molecular weight is 256 g/mol. The molecule has 2 fully saturated rings. The number of rotatable bonds is 4. The van der Waals surface area contributed by atoms with Crippen LogP contribution in [0.3, 0.4) is 0 Å². The van der Waals surface area contributed by atoms with E-state index in [0.717, 1.165) is 12.8 Å². The first kappa shape index (κ1) is 13.3. The third-order valence-electron chi connectivity index (χ3n) is 4.04. The number of piperazine rings is 1. The molecule has 1 heterocycles. The van der Waals surface area contributed by atoms with E-state index in [4.69, 9.17) is 0 Å². The molecule has 4 nitrogen and oxygen atoms in total. The molecule has 5 heteroatoms. The van der Waals surface area contributed by atoms with Gasteiger partial charge in [0.1, 0.15) is 18.3 Å². The minimum Gasteiger partial charge on any atom is -0.340 e. The largest absolute Gasteiger partial charge is 0.340 e. The highest BCUT2D eigenvalue weighted by atomic mass is 19.1. The number of alkyl halides is 1. The Morgan fingerprint density at radius 2 is 2.06 bits per heavy atom. The van der Waals surface area contributed by atoms with E-state index >= 15 is 0 Å². The molecule has 1 saturated heterocycles. The highest BCUT2D eigenvalue weighted by molar-refractivity contribution is 6.00. The van der Waals surface area contributed by atoms with Gasteiger partial charge in [-0.2, -0.15) is 0 Å². The van der Waals surface area contributed by atoms with Gasteiger partial charge in [-0.25, -0.2) is 4.39 Å². The van der Waals surface area contributed by atoms with E-state index in [0.29, 0.717) is 0 Å². The molecule has 0 aromatic carbocycles. The quantitative estimate of drug-likeness (QED) is 0.819. The molecule has 0 radical (unpaired) electrons. The van der Waals surface area contributed by atoms with Gasteiger partial charge >= 0.3 is 0 Å². The van der Waals surface area contributed by atoms with E-state index in [1.165, 1.54) is 4.90 Å². The standard InChI is InChI=1S/C13H21FN2O2/c1-8(2)10-11(17)15-13(3,9-4-5-9)12(18)16(10)7-6-14/h8-10H,4-7H2,1-3H3,(H,15,17). The lowest BCUT2D eigenvalue weighted by molar-refractivity contribution is -0.157. The first-order chi connectivity index (χ1) is 8.41. The minimum absolute atomic E-state index is 0.00995. The molecule has 18 heavy (non-hydrogen) atoms. The topological polar surface area (TPSA) is 49.4 Å². The van der Waals surface area contributed by atoms with Crippen LogP contribution in [-0.4, -0.2) is 41.5 Å². The van der Waals surface area contributed by atoms with Crippen molar-refractivity contribution >= 4 is 11.8 Å². The molecule has 1 N–H and O–H groups in total. The molecule has 102 valence electrons. The predicted octanol–water partition coefficient (Wildman–Crippen LogP) is 1.11. The van der Waals surface area contributed by atoms with Gasteiger partial charge in [-0.05, 0) is 31.6 Å². The summed E-state index contributed by atoms with van der Waals surface area (Å²) in [5, 5.41) is 2.87. The molecule has 1 aliphatic heterocycles. The number of hydrogen-bond acceptors (Lipinski definition) is 2. The van der Waals surface area contributed by atoms with Crippen molar-refractivity contribution in [3.8, 4) is 0 Å². The van der Waals surface area contributed by atoms with Crippen LogP contribution in [0.4, 0.5) is 4.39 Å². The van der Waals surface area contributed by atoms with E-state index in [1.807, 2.05) is 13.8 Å². The van der Waals surface area contributed by atoms with Crippen LogP contribution >= 0.6 is 0 Å². The fraction of sp³-hybridized carbons (Fsp3) is 0.846. The van der Waals surface area contributed by atoms with Gasteiger partial charge in [0.25, 0.3) is 0 Å². The Kier molecular flexibility index (Phi) is 3.34. The minimum atomic E-state index is -0.822. The van der Waals surface area contributed by atoms with Crippen LogP contribution in [-0.2, 0) is 9.59 Å². The van der Waals surface area contributed by atoms with Crippen molar-refractivity contribution in [2.45, 2.75) is 45.2 Å². The maximum atomic E-state index is 12.7. The highest BCUT2D eigenvalue weighted by Crippen LogP contribution is 2.42. The normalized spacial score (nSPS) is 32.9. The van der Waals surface area contributed by atoms with Crippen LogP contribution in [0.25, 0.3) is 0 Å². The van der Waals surface area contributed by atoms with Crippen molar-refractivity contribution in [3.63, 3.8) is 0 Å². The lowest BCUT2D eigenvalue weighted by Gasteiger charge is -2.45. The van der Waals surface area contributed by atoms with Gasteiger partial charge in [-0.1, -0.05) is 13.8 Å². The molecule has 2 rings (SSSR count). The van der Waals surface area contributed by atoms with E-state index in [9.17, 15) is 14.0 Å². The van der Waals surface area contributed by atoms with Gasteiger partial charge in [0.05, 0.1) is 0 Å². The monoisotopic (exact) mass is 256 g/mol. The molecule has 2 aliphatic rings. The van der Waals surface area contributed by atoms with Crippen molar-refractivity contribution in [2.24, 2.45) is 11.8 Å². The van der Waals surface area contributed by atoms with Crippen molar-refractivity contribution in [1.82, 2.24) is 10.2 Å². The molecule has 1 saturated carbocycles. The average Bonchev–Trinajstić information content (AvgIpc) is 3.09. The second kappa shape index (κ2) is 4.52. The fourth-order valence-corrected chi connectivity index (χ4v) is 2.88. The molecule has 0 bridgehead atoms. The van der Waals surface area contributed by atoms with Crippen LogP contribution in [0.15, 0.2) is 0 Å². The third-order valence-corrected chi connectivity index (χ3v) is 4.04. The molecule has 2 amide bonds. The number of nitrogens with one attached hydrogen (secondary N) is 1. The van der Waals surface area contributed by atoms with Crippen LogP contribution < -0.4 is 5.32 Å². The van der Waals surface area contributed by atoms with Crippen molar-refractivity contribution < 1.29 is 14.0 Å². The summed E-state index contributed by atoms with van der Waals surface area (Å²) >= 11 is 0. The van der Waals surface area contributed by atoms with Crippen molar-refractivity contribution in [1.29, 1.82) is 0 Å².